The van der Waals surface area contributed by atoms with Crippen LogP contribution in [0.25, 0.3) is 0 Å². The Bertz CT molecular complexity index is 329. The van der Waals surface area contributed by atoms with Crippen LogP contribution in [0.1, 0.15) is 137 Å². The molecule has 0 fully saturated rings. The van der Waals surface area contributed by atoms with Gasteiger partial charge in [0.15, 0.2) is 0 Å². The van der Waals surface area contributed by atoms with Gasteiger partial charge in [0.1, 0.15) is 0 Å². The summed E-state index contributed by atoms with van der Waals surface area (Å²) in [4.78, 5) is 12.5. The van der Waals surface area contributed by atoms with Gasteiger partial charge in [-0.05, 0) is 12.8 Å². The highest BCUT2D eigenvalue weighted by Crippen LogP contribution is 2.14. The number of carbonyl (C=O) groups is 1. The largest absolute Gasteiger partial charge is 0.275 e. The van der Waals surface area contributed by atoms with Gasteiger partial charge in [-0.25, -0.2) is 5.01 Å². The summed E-state index contributed by atoms with van der Waals surface area (Å²) in [5.41, 5.74) is 0. The normalized spacial score (nSPS) is 11.3. The smallest absolute Gasteiger partial charge is 0.236 e. The van der Waals surface area contributed by atoms with Crippen molar-refractivity contribution in [3.05, 3.63) is 0 Å². The molecule has 28 heavy (non-hydrogen) atoms. The van der Waals surface area contributed by atoms with Crippen LogP contribution in [0.5, 0.6) is 0 Å². The fourth-order valence-corrected chi connectivity index (χ4v) is 3.98. The zero-order valence-corrected chi connectivity index (χ0v) is 19.9. The number of hydrogen-bond acceptors (Lipinski definition) is 2. The van der Waals surface area contributed by atoms with Crippen LogP contribution in [-0.2, 0) is 4.79 Å². The third kappa shape index (κ3) is 15.4. The van der Waals surface area contributed by atoms with Gasteiger partial charge in [0.25, 0.3) is 0 Å². The Balaban J connectivity index is 3.49. The first-order valence-corrected chi connectivity index (χ1v) is 12.8. The number of hydrogen-bond donors (Lipinski definition) is 0. The summed E-state index contributed by atoms with van der Waals surface area (Å²) in [6.45, 7) is 11.4. The van der Waals surface area contributed by atoms with Crippen LogP contribution >= 0.6 is 0 Å². The minimum absolute atomic E-state index is 0.320. The first-order chi connectivity index (χ1) is 13.7. The van der Waals surface area contributed by atoms with E-state index in [-0.39, 0.29) is 0 Å². The number of rotatable bonds is 21. The van der Waals surface area contributed by atoms with Crippen molar-refractivity contribution in [3.63, 3.8) is 0 Å². The molecule has 0 rings (SSSR count). The Morgan fingerprint density at radius 2 is 0.929 bits per heavy atom. The van der Waals surface area contributed by atoms with Gasteiger partial charge >= 0.3 is 0 Å². The van der Waals surface area contributed by atoms with Crippen molar-refractivity contribution in [2.24, 2.45) is 0 Å². The average Bonchev–Trinajstić information content (AvgIpc) is 2.71. The van der Waals surface area contributed by atoms with Gasteiger partial charge in [-0.15, -0.1) is 0 Å². The molecule has 1 amide bonds. The van der Waals surface area contributed by atoms with Crippen molar-refractivity contribution in [2.45, 2.75) is 137 Å². The summed E-state index contributed by atoms with van der Waals surface area (Å²) in [6, 6.07) is 0. The zero-order valence-electron chi connectivity index (χ0n) is 19.9. The van der Waals surface area contributed by atoms with Crippen LogP contribution in [-0.4, -0.2) is 35.6 Å². The second kappa shape index (κ2) is 21.1. The molecule has 0 saturated carbocycles. The summed E-state index contributed by atoms with van der Waals surface area (Å²) < 4.78 is 0. The quantitative estimate of drug-likeness (QED) is 0.146. The van der Waals surface area contributed by atoms with Gasteiger partial charge in [0.05, 0.1) is 0 Å². The van der Waals surface area contributed by atoms with Gasteiger partial charge < -0.3 is 0 Å². The molecular formula is C25H52N2O. The van der Waals surface area contributed by atoms with E-state index in [9.17, 15) is 4.79 Å². The lowest BCUT2D eigenvalue weighted by Gasteiger charge is -2.33. The summed E-state index contributed by atoms with van der Waals surface area (Å²) >= 11 is 0. The van der Waals surface area contributed by atoms with Crippen LogP contribution in [0.15, 0.2) is 0 Å². The number of nitrogens with zero attached hydrogens (tertiary/aromatic N) is 2. The van der Waals surface area contributed by atoms with E-state index in [4.69, 9.17) is 0 Å². The maximum absolute atomic E-state index is 12.5. The highest BCUT2D eigenvalue weighted by atomic mass is 16.2. The molecule has 0 unspecified atom stereocenters. The third-order valence-corrected chi connectivity index (χ3v) is 5.79. The highest BCUT2D eigenvalue weighted by Gasteiger charge is 2.17. The lowest BCUT2D eigenvalue weighted by Crippen LogP contribution is -2.46. The lowest BCUT2D eigenvalue weighted by atomic mass is 10.0. The molecule has 0 saturated heterocycles. The van der Waals surface area contributed by atoms with E-state index in [1.807, 2.05) is 5.01 Å². The molecule has 0 bridgehead atoms. The van der Waals surface area contributed by atoms with Gasteiger partial charge in [0.2, 0.25) is 5.91 Å². The van der Waals surface area contributed by atoms with Crippen molar-refractivity contribution in [3.8, 4) is 0 Å². The van der Waals surface area contributed by atoms with Crippen LogP contribution in [0, 0.1) is 0 Å². The first-order valence-electron chi connectivity index (χ1n) is 12.8. The van der Waals surface area contributed by atoms with E-state index in [2.05, 4.69) is 32.7 Å². The number of hydrazine groups is 1. The average molecular weight is 397 g/mol. The highest BCUT2D eigenvalue weighted by molar-refractivity contribution is 5.75. The molecule has 0 aromatic heterocycles. The lowest BCUT2D eigenvalue weighted by molar-refractivity contribution is -0.148. The fraction of sp³-hybridized carbons (Fsp3) is 0.960. The van der Waals surface area contributed by atoms with Crippen molar-refractivity contribution in [1.29, 1.82) is 0 Å². The molecular weight excluding hydrogens is 344 g/mol. The van der Waals surface area contributed by atoms with Crippen molar-refractivity contribution >= 4 is 5.91 Å². The Kier molecular flexibility index (Phi) is 20.7. The predicted molar refractivity (Wildman–Crippen MR) is 124 cm³/mol. The first kappa shape index (κ1) is 27.4. The van der Waals surface area contributed by atoms with E-state index in [0.717, 1.165) is 38.9 Å². The zero-order chi connectivity index (χ0) is 20.9. The van der Waals surface area contributed by atoms with Gasteiger partial charge in [-0.1, -0.05) is 118 Å². The number of unbranched alkanes of at least 4 members (excludes halogenated alkanes) is 14. The standard InChI is InChI=1S/C25H52N2O/c1-5-9-10-11-12-13-14-15-16-17-18-19-20-21-22-23-25(28)27(24-6-2)26(7-3)8-4/h5-24H2,1-4H3. The van der Waals surface area contributed by atoms with Crippen LogP contribution in [0.3, 0.4) is 0 Å². The topological polar surface area (TPSA) is 23.6 Å². The SMILES string of the molecule is CCCCCCCCCCCCCCCCCC(=O)N(CCC)N(CC)CC. The maximum atomic E-state index is 12.5. The Hall–Kier alpha value is -0.570. The molecule has 0 heterocycles. The van der Waals surface area contributed by atoms with Crippen molar-refractivity contribution in [2.75, 3.05) is 19.6 Å². The van der Waals surface area contributed by atoms with Gasteiger partial charge in [-0.2, -0.15) is 0 Å². The van der Waals surface area contributed by atoms with Gasteiger partial charge in [-0.3, -0.25) is 9.80 Å². The Morgan fingerprint density at radius 1 is 0.536 bits per heavy atom. The number of amides is 1. The molecule has 0 aliphatic heterocycles. The van der Waals surface area contributed by atoms with Crippen LogP contribution < -0.4 is 0 Å². The molecule has 3 heteroatoms. The van der Waals surface area contributed by atoms with Crippen molar-refractivity contribution < 1.29 is 4.79 Å². The predicted octanol–water partition coefficient (Wildman–Crippen LogP) is 7.74. The molecule has 0 aromatic rings. The molecule has 0 aromatic carbocycles. The second-order valence-corrected chi connectivity index (χ2v) is 8.36. The van der Waals surface area contributed by atoms with E-state index in [0.29, 0.717) is 5.91 Å². The van der Waals surface area contributed by atoms with E-state index < -0.39 is 0 Å². The Labute approximate surface area is 177 Å². The third-order valence-electron chi connectivity index (χ3n) is 5.79. The minimum atomic E-state index is 0.320. The number of carbonyl (C=O) groups excluding carboxylic acids is 1. The van der Waals surface area contributed by atoms with Crippen LogP contribution in [0.2, 0.25) is 0 Å². The van der Waals surface area contributed by atoms with E-state index in [1.54, 1.807) is 0 Å². The van der Waals surface area contributed by atoms with E-state index >= 15 is 0 Å². The monoisotopic (exact) mass is 396 g/mol. The molecule has 0 aliphatic carbocycles. The van der Waals surface area contributed by atoms with Crippen molar-refractivity contribution in [1.82, 2.24) is 10.0 Å². The summed E-state index contributed by atoms with van der Waals surface area (Å²) in [5, 5.41) is 4.17. The molecule has 168 valence electrons. The summed E-state index contributed by atoms with van der Waals surface area (Å²) in [6.07, 6.45) is 22.3. The molecule has 0 atom stereocenters. The second-order valence-electron chi connectivity index (χ2n) is 8.36. The molecule has 0 aliphatic rings. The summed E-state index contributed by atoms with van der Waals surface area (Å²) in [5.74, 6) is 0.320. The maximum Gasteiger partial charge on any atom is 0.236 e. The molecule has 0 N–H and O–H groups in total. The van der Waals surface area contributed by atoms with Crippen LogP contribution in [0.4, 0.5) is 0 Å². The fourth-order valence-electron chi connectivity index (χ4n) is 3.98. The molecule has 3 nitrogen and oxygen atoms in total. The Morgan fingerprint density at radius 3 is 1.29 bits per heavy atom. The molecule has 0 spiro atoms. The van der Waals surface area contributed by atoms with Gasteiger partial charge in [0, 0.05) is 26.1 Å². The summed E-state index contributed by atoms with van der Waals surface area (Å²) in [7, 11) is 0. The minimum Gasteiger partial charge on any atom is -0.275 e. The van der Waals surface area contributed by atoms with E-state index in [1.165, 1.54) is 89.9 Å². The molecule has 0 radical (unpaired) electrons.